The van der Waals surface area contributed by atoms with E-state index in [0.717, 1.165) is 26.1 Å². The number of unbranched alkanes of at least 4 members (excludes halogenated alkanes) is 12. The van der Waals surface area contributed by atoms with Gasteiger partial charge in [-0.05, 0) is 23.7 Å². The molecule has 0 rings (SSSR count). The second-order valence-corrected chi connectivity index (χ2v) is 13.7. The second-order valence-electron chi connectivity index (χ2n) is 12.6. The van der Waals surface area contributed by atoms with Crippen LogP contribution in [0.15, 0.2) is 0 Å². The second kappa shape index (κ2) is 52.2. The van der Waals surface area contributed by atoms with Gasteiger partial charge in [0, 0.05) is 13.2 Å². The molecule has 0 unspecified atom stereocenters. The minimum absolute atomic E-state index is 0.522. The summed E-state index contributed by atoms with van der Waals surface area (Å²) in [5, 5.41) is 0. The summed E-state index contributed by atoms with van der Waals surface area (Å²) in [7, 11) is 0. The summed E-state index contributed by atoms with van der Waals surface area (Å²) in [6.45, 7) is 16.1. The average Bonchev–Trinajstić information content (AvgIpc) is 3.17. The molecule has 0 saturated heterocycles. The van der Waals surface area contributed by atoms with Crippen molar-refractivity contribution in [2.45, 2.75) is 96.8 Å². The van der Waals surface area contributed by atoms with Crippen LogP contribution in [0.3, 0.4) is 0 Å². The highest BCUT2D eigenvalue weighted by Crippen LogP contribution is 2.10. The minimum Gasteiger partial charge on any atom is -0.379 e. The molecule has 0 aromatic carbocycles. The van der Waals surface area contributed by atoms with Crippen molar-refractivity contribution in [3.63, 3.8) is 0 Å². The van der Waals surface area contributed by atoms with Gasteiger partial charge in [0.05, 0.1) is 145 Å². The Bertz CT molecular complexity index is 576. The molecule has 53 heavy (non-hydrogen) atoms. The van der Waals surface area contributed by atoms with Crippen molar-refractivity contribution in [1.29, 1.82) is 0 Å². The Kier molecular flexibility index (Phi) is 52.5. The summed E-state index contributed by atoms with van der Waals surface area (Å²) in [6.07, 6.45) is 18.4. The summed E-state index contributed by atoms with van der Waals surface area (Å²) in [6, 6.07) is 0. The van der Waals surface area contributed by atoms with Crippen LogP contribution < -0.4 is 0 Å². The molecule has 0 bridgehead atoms. The van der Waals surface area contributed by atoms with E-state index in [1.54, 1.807) is 0 Å². The summed E-state index contributed by atoms with van der Waals surface area (Å²) < 4.78 is 67.6. The third kappa shape index (κ3) is 52.2. The topological polar surface area (TPSA) is 111 Å². The molecule has 0 radical (unpaired) electrons. The number of alkyl halides is 1. The molecule has 0 fully saturated rings. The highest BCUT2D eigenvalue weighted by molar-refractivity contribution is 14.1. The molecule has 320 valence electrons. The van der Waals surface area contributed by atoms with E-state index in [1.807, 2.05) is 0 Å². The van der Waals surface area contributed by atoms with E-state index in [0.29, 0.717) is 145 Å². The van der Waals surface area contributed by atoms with Gasteiger partial charge >= 0.3 is 0 Å². The molecule has 0 aliphatic heterocycles. The molecule has 0 aromatic heterocycles. The Morgan fingerprint density at radius 2 is 0.377 bits per heavy atom. The van der Waals surface area contributed by atoms with Gasteiger partial charge in [-0.1, -0.05) is 100 Å². The van der Waals surface area contributed by atoms with Crippen LogP contribution >= 0.6 is 22.6 Å². The van der Waals surface area contributed by atoms with Gasteiger partial charge in [-0.15, -0.1) is 0 Å². The highest BCUT2D eigenvalue weighted by Gasteiger charge is 1.98. The summed E-state index contributed by atoms with van der Waals surface area (Å²) in [5.74, 6) is 0. The smallest absolute Gasteiger partial charge is 0.0701 e. The van der Waals surface area contributed by atoms with Gasteiger partial charge in [0.1, 0.15) is 0 Å². The van der Waals surface area contributed by atoms with Crippen LogP contribution in [0.5, 0.6) is 0 Å². The SMILES string of the molecule is CCCCCCCCCCCCOCCOCCOCCOCCOCCOCCOCCOCCOCCOCCOCCOCCCCCCI. The van der Waals surface area contributed by atoms with E-state index in [4.69, 9.17) is 56.8 Å². The van der Waals surface area contributed by atoms with E-state index in [1.165, 1.54) is 81.5 Å². The zero-order valence-electron chi connectivity index (χ0n) is 33.9. The standard InChI is InChI=1S/C40H81IO12/c1-2-3-4-5-6-7-8-9-11-14-17-42-19-21-44-23-25-46-27-29-48-31-33-50-35-37-52-39-40-53-38-36-51-34-32-49-30-28-47-26-24-45-22-20-43-18-15-12-10-13-16-41/h2-40H2,1H3. The van der Waals surface area contributed by atoms with Gasteiger partial charge < -0.3 is 56.8 Å². The van der Waals surface area contributed by atoms with Crippen LogP contribution in [0.25, 0.3) is 0 Å². The molecular formula is C40H81IO12. The number of rotatable bonds is 50. The minimum atomic E-state index is 0.522. The van der Waals surface area contributed by atoms with Crippen LogP contribution in [0.2, 0.25) is 0 Å². The molecule has 0 spiro atoms. The van der Waals surface area contributed by atoms with Crippen LogP contribution in [0.4, 0.5) is 0 Å². The first kappa shape index (κ1) is 53.2. The predicted molar refractivity (Wildman–Crippen MR) is 219 cm³/mol. The molecule has 0 aliphatic carbocycles. The van der Waals surface area contributed by atoms with E-state index >= 15 is 0 Å². The molecule has 0 heterocycles. The first-order valence-corrected chi connectivity index (χ1v) is 22.4. The number of hydrogen-bond acceptors (Lipinski definition) is 12. The Morgan fingerprint density at radius 1 is 0.208 bits per heavy atom. The predicted octanol–water partition coefficient (Wildman–Crippen LogP) is 7.10. The van der Waals surface area contributed by atoms with Crippen LogP contribution in [-0.4, -0.2) is 163 Å². The number of ether oxygens (including phenoxy) is 12. The maximum Gasteiger partial charge on any atom is 0.0701 e. The average molecular weight is 881 g/mol. The lowest BCUT2D eigenvalue weighted by molar-refractivity contribution is -0.0284. The van der Waals surface area contributed by atoms with Crippen molar-refractivity contribution in [3.05, 3.63) is 0 Å². The third-order valence-electron chi connectivity index (χ3n) is 7.91. The molecule has 0 atom stereocenters. The zero-order chi connectivity index (χ0) is 38.1. The highest BCUT2D eigenvalue weighted by atomic mass is 127. The fourth-order valence-corrected chi connectivity index (χ4v) is 5.40. The van der Waals surface area contributed by atoms with Crippen molar-refractivity contribution in [2.75, 3.05) is 163 Å². The molecule has 0 aliphatic rings. The van der Waals surface area contributed by atoms with Crippen molar-refractivity contribution >= 4 is 22.6 Å². The van der Waals surface area contributed by atoms with E-state index in [9.17, 15) is 0 Å². The number of halogens is 1. The van der Waals surface area contributed by atoms with Gasteiger partial charge in [0.2, 0.25) is 0 Å². The largest absolute Gasteiger partial charge is 0.379 e. The Labute approximate surface area is 338 Å². The monoisotopic (exact) mass is 880 g/mol. The van der Waals surface area contributed by atoms with Crippen molar-refractivity contribution in [3.8, 4) is 0 Å². The molecule has 0 amide bonds. The van der Waals surface area contributed by atoms with E-state index in [-0.39, 0.29) is 0 Å². The Balaban J connectivity index is 3.05. The fraction of sp³-hybridized carbons (Fsp3) is 1.00. The maximum atomic E-state index is 5.66. The Hall–Kier alpha value is 0.250. The first-order chi connectivity index (χ1) is 26.4. The molecule has 0 N–H and O–H groups in total. The van der Waals surface area contributed by atoms with Gasteiger partial charge in [-0.25, -0.2) is 0 Å². The third-order valence-corrected chi connectivity index (χ3v) is 8.67. The van der Waals surface area contributed by atoms with Crippen LogP contribution in [0.1, 0.15) is 96.8 Å². The first-order valence-electron chi connectivity index (χ1n) is 20.9. The van der Waals surface area contributed by atoms with Crippen molar-refractivity contribution < 1.29 is 56.8 Å². The van der Waals surface area contributed by atoms with Gasteiger partial charge in [0.25, 0.3) is 0 Å². The normalized spacial score (nSPS) is 11.7. The van der Waals surface area contributed by atoms with E-state index < -0.39 is 0 Å². The molecule has 0 saturated carbocycles. The van der Waals surface area contributed by atoms with Crippen molar-refractivity contribution in [2.24, 2.45) is 0 Å². The lowest BCUT2D eigenvalue weighted by Gasteiger charge is -2.09. The van der Waals surface area contributed by atoms with Crippen LogP contribution in [-0.2, 0) is 56.8 Å². The molecule has 13 heteroatoms. The lowest BCUT2D eigenvalue weighted by Crippen LogP contribution is -2.15. The summed E-state index contributed by atoms with van der Waals surface area (Å²) in [4.78, 5) is 0. The fourth-order valence-electron chi connectivity index (χ4n) is 4.86. The zero-order valence-corrected chi connectivity index (χ0v) is 36.0. The van der Waals surface area contributed by atoms with E-state index in [2.05, 4.69) is 29.5 Å². The number of hydrogen-bond donors (Lipinski definition) is 0. The quantitative estimate of drug-likeness (QED) is 0.0353. The molecule has 0 aromatic rings. The Morgan fingerprint density at radius 3 is 0.585 bits per heavy atom. The molecule has 12 nitrogen and oxygen atoms in total. The summed E-state index contributed by atoms with van der Waals surface area (Å²) in [5.41, 5.74) is 0. The molecular weight excluding hydrogens is 799 g/mol. The summed E-state index contributed by atoms with van der Waals surface area (Å²) >= 11 is 2.42. The maximum absolute atomic E-state index is 5.66. The van der Waals surface area contributed by atoms with Crippen molar-refractivity contribution in [1.82, 2.24) is 0 Å². The van der Waals surface area contributed by atoms with Gasteiger partial charge in [-0.2, -0.15) is 0 Å². The van der Waals surface area contributed by atoms with Crippen LogP contribution in [0, 0.1) is 0 Å². The van der Waals surface area contributed by atoms with Gasteiger partial charge in [0.15, 0.2) is 0 Å². The van der Waals surface area contributed by atoms with Gasteiger partial charge in [-0.3, -0.25) is 0 Å². The lowest BCUT2D eigenvalue weighted by atomic mass is 10.1.